The molecule has 110 valence electrons. The average molecular weight is 285 g/mol. The first kappa shape index (κ1) is 15.0. The van der Waals surface area contributed by atoms with E-state index < -0.39 is 0 Å². The van der Waals surface area contributed by atoms with Crippen molar-refractivity contribution >= 4 is 11.6 Å². The number of nitrogens with zero attached hydrogens (tertiary/aromatic N) is 1. The van der Waals surface area contributed by atoms with Crippen LogP contribution in [0.25, 0.3) is 0 Å². The van der Waals surface area contributed by atoms with E-state index in [1.807, 2.05) is 37.3 Å². The number of anilines is 1. The van der Waals surface area contributed by atoms with E-state index in [0.717, 1.165) is 16.8 Å². The Morgan fingerprint density at radius 1 is 1.19 bits per heavy atom. The van der Waals surface area contributed by atoms with Gasteiger partial charge in [0.05, 0.1) is 13.7 Å². The number of rotatable bonds is 6. The van der Waals surface area contributed by atoms with Crippen molar-refractivity contribution in [3.63, 3.8) is 0 Å². The maximum Gasteiger partial charge on any atom is 0.238 e. The highest BCUT2D eigenvalue weighted by molar-refractivity contribution is 5.92. The molecule has 0 radical (unpaired) electrons. The van der Waals surface area contributed by atoms with Gasteiger partial charge in [-0.2, -0.15) is 0 Å². The van der Waals surface area contributed by atoms with Crippen LogP contribution in [0.4, 0.5) is 5.69 Å². The highest BCUT2D eigenvalue weighted by Gasteiger charge is 2.02. The Bertz CT molecular complexity index is 579. The highest BCUT2D eigenvalue weighted by atomic mass is 16.5. The van der Waals surface area contributed by atoms with Gasteiger partial charge in [0.2, 0.25) is 11.8 Å². The largest absolute Gasteiger partial charge is 0.481 e. The maximum atomic E-state index is 11.8. The summed E-state index contributed by atoms with van der Waals surface area (Å²) in [5.74, 6) is 0.510. The van der Waals surface area contributed by atoms with Crippen molar-refractivity contribution < 1.29 is 9.53 Å². The lowest BCUT2D eigenvalue weighted by molar-refractivity contribution is -0.115. The number of hydrogen-bond acceptors (Lipinski definition) is 4. The van der Waals surface area contributed by atoms with Gasteiger partial charge >= 0.3 is 0 Å². The summed E-state index contributed by atoms with van der Waals surface area (Å²) in [5, 5.41) is 5.91. The standard InChI is InChI=1S/C16H19N3O2/c1-12-3-6-14(7-4-12)19-15(20)11-17-9-13-5-8-16(21-2)18-10-13/h3-8,10,17H,9,11H2,1-2H3,(H,19,20). The molecule has 0 bridgehead atoms. The molecule has 0 fully saturated rings. The number of pyridine rings is 1. The van der Waals surface area contributed by atoms with Crippen molar-refractivity contribution in [3.8, 4) is 5.88 Å². The predicted molar refractivity (Wildman–Crippen MR) is 82.3 cm³/mol. The molecule has 5 nitrogen and oxygen atoms in total. The highest BCUT2D eigenvalue weighted by Crippen LogP contribution is 2.08. The lowest BCUT2D eigenvalue weighted by Gasteiger charge is -2.07. The lowest BCUT2D eigenvalue weighted by Crippen LogP contribution is -2.27. The summed E-state index contributed by atoms with van der Waals surface area (Å²) >= 11 is 0. The van der Waals surface area contributed by atoms with Crippen LogP contribution >= 0.6 is 0 Å². The minimum atomic E-state index is -0.0691. The predicted octanol–water partition coefficient (Wildman–Crippen LogP) is 2.13. The molecule has 0 unspecified atom stereocenters. The number of aromatic nitrogens is 1. The molecule has 2 rings (SSSR count). The molecule has 0 spiro atoms. The van der Waals surface area contributed by atoms with Crippen molar-refractivity contribution in [1.82, 2.24) is 10.3 Å². The maximum absolute atomic E-state index is 11.8. The normalized spacial score (nSPS) is 10.2. The Hall–Kier alpha value is -2.40. The zero-order chi connectivity index (χ0) is 15.1. The van der Waals surface area contributed by atoms with Crippen molar-refractivity contribution in [2.24, 2.45) is 0 Å². The van der Waals surface area contributed by atoms with Gasteiger partial charge in [-0.1, -0.05) is 23.8 Å². The van der Waals surface area contributed by atoms with E-state index in [-0.39, 0.29) is 12.5 Å². The Labute approximate surface area is 124 Å². The molecule has 2 N–H and O–H groups in total. The van der Waals surface area contributed by atoms with E-state index in [9.17, 15) is 4.79 Å². The summed E-state index contributed by atoms with van der Waals surface area (Å²) in [4.78, 5) is 15.9. The number of ether oxygens (including phenoxy) is 1. The quantitative estimate of drug-likeness (QED) is 0.853. The molecule has 0 saturated carbocycles. The van der Waals surface area contributed by atoms with Crippen molar-refractivity contribution in [1.29, 1.82) is 0 Å². The monoisotopic (exact) mass is 285 g/mol. The molecule has 1 aromatic heterocycles. The van der Waals surface area contributed by atoms with Gasteiger partial charge in [0.25, 0.3) is 0 Å². The molecule has 0 atom stereocenters. The topological polar surface area (TPSA) is 63.2 Å². The number of amides is 1. The van der Waals surface area contributed by atoms with Gasteiger partial charge < -0.3 is 15.4 Å². The summed E-state index contributed by atoms with van der Waals surface area (Å²) in [5.41, 5.74) is 2.97. The number of benzene rings is 1. The fourth-order valence-corrected chi connectivity index (χ4v) is 1.80. The van der Waals surface area contributed by atoms with Crippen molar-refractivity contribution in [3.05, 3.63) is 53.7 Å². The number of hydrogen-bond donors (Lipinski definition) is 2. The average Bonchev–Trinajstić information content (AvgIpc) is 2.50. The smallest absolute Gasteiger partial charge is 0.238 e. The van der Waals surface area contributed by atoms with E-state index in [1.54, 1.807) is 19.4 Å². The van der Waals surface area contributed by atoms with E-state index in [0.29, 0.717) is 12.4 Å². The molecule has 1 aromatic carbocycles. The van der Waals surface area contributed by atoms with E-state index in [2.05, 4.69) is 15.6 Å². The number of carbonyl (C=O) groups excluding carboxylic acids is 1. The number of nitrogens with one attached hydrogen (secondary N) is 2. The third-order valence-corrected chi connectivity index (χ3v) is 2.96. The molecule has 0 aliphatic rings. The van der Waals surface area contributed by atoms with Gasteiger partial charge in [-0.15, -0.1) is 0 Å². The van der Waals surface area contributed by atoms with Crippen LogP contribution < -0.4 is 15.4 Å². The second-order valence-electron chi connectivity index (χ2n) is 4.73. The first-order valence-electron chi connectivity index (χ1n) is 6.73. The number of carbonyl (C=O) groups is 1. The summed E-state index contributed by atoms with van der Waals surface area (Å²) in [6.07, 6.45) is 1.73. The minimum absolute atomic E-state index is 0.0691. The van der Waals surface area contributed by atoms with E-state index in [1.165, 1.54) is 0 Å². The zero-order valence-corrected chi connectivity index (χ0v) is 12.2. The molecule has 0 aliphatic carbocycles. The van der Waals surface area contributed by atoms with Crippen LogP contribution in [0.15, 0.2) is 42.6 Å². The summed E-state index contributed by atoms with van der Waals surface area (Å²) < 4.78 is 4.99. The van der Waals surface area contributed by atoms with Gasteiger partial charge in [0, 0.05) is 24.5 Å². The fourth-order valence-electron chi connectivity index (χ4n) is 1.80. The Kier molecular flexibility index (Phi) is 5.29. The summed E-state index contributed by atoms with van der Waals surface area (Å²) in [7, 11) is 1.58. The van der Waals surface area contributed by atoms with Crippen LogP contribution in [0.3, 0.4) is 0 Å². The van der Waals surface area contributed by atoms with Gasteiger partial charge in [-0.3, -0.25) is 4.79 Å². The van der Waals surface area contributed by atoms with Crippen LogP contribution in [0.1, 0.15) is 11.1 Å². The van der Waals surface area contributed by atoms with Crippen LogP contribution in [-0.4, -0.2) is 24.5 Å². The van der Waals surface area contributed by atoms with Gasteiger partial charge in [0.15, 0.2) is 0 Å². The Balaban J connectivity index is 1.74. The molecule has 0 aliphatic heterocycles. The molecule has 1 amide bonds. The lowest BCUT2D eigenvalue weighted by atomic mass is 10.2. The fraction of sp³-hybridized carbons (Fsp3) is 0.250. The molecule has 5 heteroatoms. The number of methoxy groups -OCH3 is 1. The molecular weight excluding hydrogens is 266 g/mol. The van der Waals surface area contributed by atoms with E-state index in [4.69, 9.17) is 4.74 Å². The third kappa shape index (κ3) is 4.89. The van der Waals surface area contributed by atoms with Crippen LogP contribution in [-0.2, 0) is 11.3 Å². The van der Waals surface area contributed by atoms with Gasteiger partial charge in [0.1, 0.15) is 0 Å². The van der Waals surface area contributed by atoms with Crippen molar-refractivity contribution in [2.45, 2.75) is 13.5 Å². The molecule has 0 saturated heterocycles. The minimum Gasteiger partial charge on any atom is -0.481 e. The first-order chi connectivity index (χ1) is 10.2. The van der Waals surface area contributed by atoms with Gasteiger partial charge in [-0.25, -0.2) is 4.98 Å². The van der Waals surface area contributed by atoms with Crippen molar-refractivity contribution in [2.75, 3.05) is 19.0 Å². The molecular formula is C16H19N3O2. The Morgan fingerprint density at radius 2 is 1.95 bits per heavy atom. The second kappa shape index (κ2) is 7.40. The van der Waals surface area contributed by atoms with E-state index >= 15 is 0 Å². The zero-order valence-electron chi connectivity index (χ0n) is 12.2. The van der Waals surface area contributed by atoms with Crippen LogP contribution in [0, 0.1) is 6.92 Å². The molecule has 21 heavy (non-hydrogen) atoms. The molecule has 1 heterocycles. The molecule has 2 aromatic rings. The third-order valence-electron chi connectivity index (χ3n) is 2.96. The Morgan fingerprint density at radius 3 is 2.57 bits per heavy atom. The van der Waals surface area contributed by atoms with Crippen LogP contribution in [0.2, 0.25) is 0 Å². The summed E-state index contributed by atoms with van der Waals surface area (Å²) in [6, 6.07) is 11.4. The summed E-state index contributed by atoms with van der Waals surface area (Å²) in [6.45, 7) is 2.84. The van der Waals surface area contributed by atoms with Gasteiger partial charge in [-0.05, 0) is 24.6 Å². The SMILES string of the molecule is COc1ccc(CNCC(=O)Nc2ccc(C)cc2)cn1. The number of aryl methyl sites for hydroxylation is 1. The first-order valence-corrected chi connectivity index (χ1v) is 6.73. The second-order valence-corrected chi connectivity index (χ2v) is 4.73. The van der Waals surface area contributed by atoms with Crippen LogP contribution in [0.5, 0.6) is 5.88 Å².